The van der Waals surface area contributed by atoms with Crippen LogP contribution >= 0.6 is 15.9 Å². The van der Waals surface area contributed by atoms with E-state index in [1.165, 1.54) is 11.1 Å². The van der Waals surface area contributed by atoms with Gasteiger partial charge in [-0.05, 0) is 38.6 Å². The molecule has 1 aromatic heterocycles. The summed E-state index contributed by atoms with van der Waals surface area (Å²) in [6.45, 7) is 4.96. The zero-order valence-electron chi connectivity index (χ0n) is 10.3. The first kappa shape index (κ1) is 12.3. The molecule has 0 unspecified atom stereocenters. The lowest BCUT2D eigenvalue weighted by atomic mass is 10.2. The summed E-state index contributed by atoms with van der Waals surface area (Å²) in [6.07, 6.45) is 2.07. The summed E-state index contributed by atoms with van der Waals surface area (Å²) in [5, 5.41) is 7.67. The van der Waals surface area contributed by atoms with E-state index >= 15 is 0 Å². The van der Waals surface area contributed by atoms with Gasteiger partial charge in [-0.25, -0.2) is 4.68 Å². The smallest absolute Gasteiger partial charge is 0.0657 e. The summed E-state index contributed by atoms with van der Waals surface area (Å²) in [6, 6.07) is 6.26. The largest absolute Gasteiger partial charge is 0.316 e. The highest BCUT2D eigenvalue weighted by molar-refractivity contribution is 9.10. The van der Waals surface area contributed by atoms with Crippen molar-refractivity contribution in [2.75, 3.05) is 7.05 Å². The zero-order chi connectivity index (χ0) is 12.4. The maximum Gasteiger partial charge on any atom is 0.0657 e. The van der Waals surface area contributed by atoms with Crippen LogP contribution in [0.4, 0.5) is 0 Å². The van der Waals surface area contributed by atoms with E-state index in [9.17, 15) is 0 Å². The third-order valence-corrected chi connectivity index (χ3v) is 3.64. The van der Waals surface area contributed by atoms with Gasteiger partial charge in [0.05, 0.1) is 11.4 Å². The maximum absolute atomic E-state index is 4.53. The predicted octanol–water partition coefficient (Wildman–Crippen LogP) is 2.97. The number of hydrogen-bond acceptors (Lipinski definition) is 2. The number of nitrogens with one attached hydrogen (secondary N) is 1. The summed E-state index contributed by atoms with van der Waals surface area (Å²) in [7, 11) is 1.94. The molecule has 0 amide bonds. The highest BCUT2D eigenvalue weighted by Crippen LogP contribution is 2.20. The Labute approximate surface area is 110 Å². The third kappa shape index (κ3) is 2.58. The van der Waals surface area contributed by atoms with Crippen molar-refractivity contribution >= 4 is 15.9 Å². The third-order valence-electron chi connectivity index (χ3n) is 2.79. The molecule has 1 aromatic carbocycles. The minimum atomic E-state index is 0.846. The van der Waals surface area contributed by atoms with Gasteiger partial charge in [-0.15, -0.1) is 0 Å². The lowest BCUT2D eigenvalue weighted by Crippen LogP contribution is -2.05. The average molecular weight is 294 g/mol. The fourth-order valence-electron chi connectivity index (χ4n) is 1.72. The Morgan fingerprint density at radius 1 is 1.35 bits per heavy atom. The topological polar surface area (TPSA) is 29.9 Å². The fourth-order valence-corrected chi connectivity index (χ4v) is 2.08. The average Bonchev–Trinajstić information content (AvgIpc) is 2.65. The van der Waals surface area contributed by atoms with Crippen LogP contribution in [0.3, 0.4) is 0 Å². The number of hydrogen-bond donors (Lipinski definition) is 1. The normalized spacial score (nSPS) is 10.8. The van der Waals surface area contributed by atoms with Gasteiger partial charge in [0.1, 0.15) is 0 Å². The first-order chi connectivity index (χ1) is 8.11. The van der Waals surface area contributed by atoms with E-state index in [-0.39, 0.29) is 0 Å². The van der Waals surface area contributed by atoms with Crippen molar-refractivity contribution < 1.29 is 0 Å². The van der Waals surface area contributed by atoms with Gasteiger partial charge in [-0.2, -0.15) is 5.10 Å². The van der Waals surface area contributed by atoms with Crippen LogP contribution in [0.2, 0.25) is 0 Å². The molecule has 17 heavy (non-hydrogen) atoms. The Hall–Kier alpha value is -1.13. The molecule has 2 aromatic rings. The molecular weight excluding hydrogens is 278 g/mol. The van der Waals surface area contributed by atoms with Gasteiger partial charge in [0.2, 0.25) is 0 Å². The first-order valence-electron chi connectivity index (χ1n) is 5.58. The lowest BCUT2D eigenvalue weighted by molar-refractivity contribution is 0.812. The second kappa shape index (κ2) is 5.02. The van der Waals surface area contributed by atoms with Crippen molar-refractivity contribution in [1.82, 2.24) is 15.1 Å². The molecule has 2 rings (SSSR count). The van der Waals surface area contributed by atoms with E-state index in [1.54, 1.807) is 0 Å². The Balaban J connectivity index is 2.39. The van der Waals surface area contributed by atoms with Crippen LogP contribution in [0.1, 0.15) is 16.8 Å². The Morgan fingerprint density at radius 2 is 2.12 bits per heavy atom. The Bertz CT molecular complexity index is 531. The number of aryl methyl sites for hydroxylation is 2. The summed E-state index contributed by atoms with van der Waals surface area (Å²) in [4.78, 5) is 0. The second-order valence-electron chi connectivity index (χ2n) is 4.15. The lowest BCUT2D eigenvalue weighted by Gasteiger charge is -2.03. The molecule has 90 valence electrons. The van der Waals surface area contributed by atoms with Crippen LogP contribution in [0.15, 0.2) is 28.9 Å². The fraction of sp³-hybridized carbons (Fsp3) is 0.308. The Kier molecular flexibility index (Phi) is 3.64. The predicted molar refractivity (Wildman–Crippen MR) is 73.5 cm³/mol. The number of aromatic nitrogens is 2. The van der Waals surface area contributed by atoms with Crippen LogP contribution in [0.5, 0.6) is 0 Å². The van der Waals surface area contributed by atoms with E-state index in [2.05, 4.69) is 57.7 Å². The molecule has 1 N–H and O–H groups in total. The quantitative estimate of drug-likeness (QED) is 0.943. The highest BCUT2D eigenvalue weighted by Gasteiger charge is 2.06. The number of nitrogens with zero attached hydrogens (tertiary/aromatic N) is 2. The van der Waals surface area contributed by atoms with Crippen molar-refractivity contribution in [1.29, 1.82) is 0 Å². The summed E-state index contributed by atoms with van der Waals surface area (Å²) in [5.74, 6) is 0. The maximum atomic E-state index is 4.53. The molecule has 4 heteroatoms. The molecule has 3 nitrogen and oxygen atoms in total. The van der Waals surface area contributed by atoms with Crippen LogP contribution in [0.25, 0.3) is 5.69 Å². The number of rotatable bonds is 3. The molecule has 0 fully saturated rings. The molecule has 0 saturated carbocycles. The SMILES string of the molecule is CNCc1cn(-c2ccc(C)c(Br)c2)nc1C. The van der Waals surface area contributed by atoms with E-state index in [1.807, 2.05) is 18.7 Å². The van der Waals surface area contributed by atoms with Crippen LogP contribution in [-0.4, -0.2) is 16.8 Å². The number of benzene rings is 1. The molecule has 0 bridgehead atoms. The molecule has 1 heterocycles. The summed E-state index contributed by atoms with van der Waals surface area (Å²) >= 11 is 3.55. The molecule has 0 aliphatic heterocycles. The highest BCUT2D eigenvalue weighted by atomic mass is 79.9. The molecule has 0 aliphatic carbocycles. The second-order valence-corrected chi connectivity index (χ2v) is 5.00. The minimum Gasteiger partial charge on any atom is -0.316 e. The van der Waals surface area contributed by atoms with E-state index in [4.69, 9.17) is 0 Å². The monoisotopic (exact) mass is 293 g/mol. The van der Waals surface area contributed by atoms with Crippen LogP contribution in [0, 0.1) is 13.8 Å². The van der Waals surface area contributed by atoms with Crippen LogP contribution < -0.4 is 5.32 Å². The van der Waals surface area contributed by atoms with E-state index < -0.39 is 0 Å². The van der Waals surface area contributed by atoms with E-state index in [0.29, 0.717) is 0 Å². The standard InChI is InChI=1S/C13H16BrN3/c1-9-4-5-12(6-13(9)14)17-8-11(7-15-3)10(2)16-17/h4-6,8,15H,7H2,1-3H3. The van der Waals surface area contributed by atoms with Gasteiger partial charge < -0.3 is 5.32 Å². The van der Waals surface area contributed by atoms with Gasteiger partial charge in [-0.3, -0.25) is 0 Å². The van der Waals surface area contributed by atoms with Crippen molar-refractivity contribution in [3.8, 4) is 5.69 Å². The number of halogens is 1. The minimum absolute atomic E-state index is 0.846. The molecule has 0 spiro atoms. The van der Waals surface area contributed by atoms with Gasteiger partial charge in [0.25, 0.3) is 0 Å². The summed E-state index contributed by atoms with van der Waals surface area (Å²) in [5.41, 5.74) is 4.60. The van der Waals surface area contributed by atoms with E-state index in [0.717, 1.165) is 22.4 Å². The molecule has 0 atom stereocenters. The molecular formula is C13H16BrN3. The first-order valence-corrected chi connectivity index (χ1v) is 6.37. The van der Waals surface area contributed by atoms with Crippen LogP contribution in [-0.2, 0) is 6.54 Å². The van der Waals surface area contributed by atoms with Gasteiger partial charge in [-0.1, -0.05) is 22.0 Å². The van der Waals surface area contributed by atoms with Gasteiger partial charge >= 0.3 is 0 Å². The van der Waals surface area contributed by atoms with Crippen molar-refractivity contribution in [2.45, 2.75) is 20.4 Å². The summed E-state index contributed by atoms with van der Waals surface area (Å²) < 4.78 is 3.03. The zero-order valence-corrected chi connectivity index (χ0v) is 11.9. The van der Waals surface area contributed by atoms with Gasteiger partial charge in [0.15, 0.2) is 0 Å². The van der Waals surface area contributed by atoms with Crippen molar-refractivity contribution in [2.24, 2.45) is 0 Å². The van der Waals surface area contributed by atoms with Gasteiger partial charge in [0, 0.05) is 22.8 Å². The molecule has 0 radical (unpaired) electrons. The molecule has 0 aliphatic rings. The Morgan fingerprint density at radius 3 is 2.76 bits per heavy atom. The van der Waals surface area contributed by atoms with Crippen molar-refractivity contribution in [3.05, 3.63) is 45.7 Å². The van der Waals surface area contributed by atoms with Crippen molar-refractivity contribution in [3.63, 3.8) is 0 Å². The molecule has 0 saturated heterocycles.